The standard InChI is InChI=1S/C14H21FN2O/c1-17(12-6-10-18-11-7-12)9-8-16-14-5-3-2-4-13(14)15/h2-5,12,16H,6-11H2,1H3. The minimum Gasteiger partial charge on any atom is -0.381 e. The number of hydrogen-bond donors (Lipinski definition) is 1. The van der Waals surface area contributed by atoms with Crippen molar-refractivity contribution < 1.29 is 9.13 Å². The number of benzene rings is 1. The zero-order valence-electron chi connectivity index (χ0n) is 10.9. The summed E-state index contributed by atoms with van der Waals surface area (Å²) in [5, 5.41) is 3.14. The molecule has 0 bridgehead atoms. The molecule has 1 heterocycles. The molecule has 18 heavy (non-hydrogen) atoms. The van der Waals surface area contributed by atoms with Gasteiger partial charge in [-0.25, -0.2) is 4.39 Å². The van der Waals surface area contributed by atoms with Crippen molar-refractivity contribution in [2.75, 3.05) is 38.7 Å². The fraction of sp³-hybridized carbons (Fsp3) is 0.571. The summed E-state index contributed by atoms with van der Waals surface area (Å²) in [6.45, 7) is 3.39. The van der Waals surface area contributed by atoms with Gasteiger partial charge in [-0.15, -0.1) is 0 Å². The summed E-state index contributed by atoms with van der Waals surface area (Å²) >= 11 is 0. The Kier molecular flexibility index (Phi) is 4.96. The number of likely N-dealkylation sites (N-methyl/N-ethyl adjacent to an activating group) is 1. The topological polar surface area (TPSA) is 24.5 Å². The van der Waals surface area contributed by atoms with Gasteiger partial charge in [0.05, 0.1) is 5.69 Å². The molecule has 100 valence electrons. The number of nitrogens with zero attached hydrogens (tertiary/aromatic N) is 1. The summed E-state index contributed by atoms with van der Waals surface area (Å²) < 4.78 is 18.7. The van der Waals surface area contributed by atoms with Crippen molar-refractivity contribution in [1.82, 2.24) is 4.90 Å². The molecule has 1 aromatic rings. The van der Waals surface area contributed by atoms with Crippen molar-refractivity contribution in [2.45, 2.75) is 18.9 Å². The normalized spacial score (nSPS) is 17.1. The van der Waals surface area contributed by atoms with Gasteiger partial charge in [0.15, 0.2) is 0 Å². The molecule has 0 saturated carbocycles. The third-order valence-electron chi connectivity index (χ3n) is 3.47. The van der Waals surface area contributed by atoms with Crippen molar-refractivity contribution in [3.8, 4) is 0 Å². The van der Waals surface area contributed by atoms with E-state index in [1.165, 1.54) is 6.07 Å². The number of ether oxygens (including phenoxy) is 1. The molecule has 0 spiro atoms. The molecule has 1 saturated heterocycles. The summed E-state index contributed by atoms with van der Waals surface area (Å²) in [4.78, 5) is 2.33. The Balaban J connectivity index is 1.73. The molecule has 1 fully saturated rings. The monoisotopic (exact) mass is 252 g/mol. The number of rotatable bonds is 5. The van der Waals surface area contributed by atoms with Crippen LogP contribution in [0.25, 0.3) is 0 Å². The highest BCUT2D eigenvalue weighted by Gasteiger charge is 2.17. The second kappa shape index (κ2) is 6.71. The van der Waals surface area contributed by atoms with Gasteiger partial charge in [-0.3, -0.25) is 0 Å². The number of halogens is 1. The highest BCUT2D eigenvalue weighted by atomic mass is 19.1. The third kappa shape index (κ3) is 3.68. The maximum absolute atomic E-state index is 13.4. The lowest BCUT2D eigenvalue weighted by atomic mass is 10.1. The second-order valence-corrected chi connectivity index (χ2v) is 4.73. The number of nitrogens with one attached hydrogen (secondary N) is 1. The van der Waals surface area contributed by atoms with E-state index in [1.54, 1.807) is 12.1 Å². The summed E-state index contributed by atoms with van der Waals surface area (Å²) in [5.41, 5.74) is 0.581. The molecule has 0 atom stereocenters. The number of para-hydroxylation sites is 1. The molecule has 0 radical (unpaired) electrons. The number of hydrogen-bond acceptors (Lipinski definition) is 3. The van der Waals surface area contributed by atoms with E-state index in [9.17, 15) is 4.39 Å². The van der Waals surface area contributed by atoms with Gasteiger partial charge in [0.1, 0.15) is 5.82 Å². The minimum atomic E-state index is -0.189. The van der Waals surface area contributed by atoms with Gasteiger partial charge >= 0.3 is 0 Å². The fourth-order valence-electron chi connectivity index (χ4n) is 2.28. The molecular weight excluding hydrogens is 231 g/mol. The zero-order valence-corrected chi connectivity index (χ0v) is 10.9. The maximum atomic E-state index is 13.4. The van der Waals surface area contributed by atoms with Crippen molar-refractivity contribution >= 4 is 5.69 Å². The smallest absolute Gasteiger partial charge is 0.146 e. The van der Waals surface area contributed by atoms with E-state index in [2.05, 4.69) is 17.3 Å². The van der Waals surface area contributed by atoms with Crippen molar-refractivity contribution in [3.05, 3.63) is 30.1 Å². The van der Waals surface area contributed by atoms with Crippen molar-refractivity contribution in [3.63, 3.8) is 0 Å². The molecule has 2 rings (SSSR count). The first kappa shape index (κ1) is 13.3. The average molecular weight is 252 g/mol. The second-order valence-electron chi connectivity index (χ2n) is 4.73. The van der Waals surface area contributed by atoms with Gasteiger partial charge < -0.3 is 15.0 Å². The summed E-state index contributed by atoms with van der Waals surface area (Å²) in [5.74, 6) is -0.189. The Morgan fingerprint density at radius 3 is 2.78 bits per heavy atom. The Hall–Kier alpha value is -1.13. The average Bonchev–Trinajstić information content (AvgIpc) is 2.42. The van der Waals surface area contributed by atoms with Crippen molar-refractivity contribution in [1.29, 1.82) is 0 Å². The summed E-state index contributed by atoms with van der Waals surface area (Å²) in [6.07, 6.45) is 2.19. The van der Waals surface area contributed by atoms with Crippen LogP contribution in [0.5, 0.6) is 0 Å². The molecule has 0 amide bonds. The van der Waals surface area contributed by atoms with Crippen LogP contribution in [0.4, 0.5) is 10.1 Å². The first-order chi connectivity index (χ1) is 8.77. The van der Waals surface area contributed by atoms with E-state index in [1.807, 2.05) is 6.07 Å². The molecule has 0 aromatic heterocycles. The largest absolute Gasteiger partial charge is 0.381 e. The van der Waals surface area contributed by atoms with Gasteiger partial charge in [-0.2, -0.15) is 0 Å². The fourth-order valence-corrected chi connectivity index (χ4v) is 2.28. The lowest BCUT2D eigenvalue weighted by molar-refractivity contribution is 0.0443. The lowest BCUT2D eigenvalue weighted by Gasteiger charge is -2.31. The molecule has 0 aliphatic carbocycles. The molecular formula is C14H21FN2O. The van der Waals surface area contributed by atoms with Crippen LogP contribution in [-0.2, 0) is 4.74 Å². The van der Waals surface area contributed by atoms with Gasteiger partial charge in [0.25, 0.3) is 0 Å². The number of anilines is 1. The van der Waals surface area contributed by atoms with Gasteiger partial charge in [-0.05, 0) is 32.0 Å². The predicted octanol–water partition coefficient (Wildman–Crippen LogP) is 2.35. The molecule has 3 nitrogen and oxygen atoms in total. The summed E-state index contributed by atoms with van der Waals surface area (Å²) in [6, 6.07) is 7.39. The van der Waals surface area contributed by atoms with E-state index >= 15 is 0 Å². The van der Waals surface area contributed by atoms with Gasteiger partial charge in [0, 0.05) is 32.3 Å². The minimum absolute atomic E-state index is 0.189. The van der Waals surface area contributed by atoms with Crippen molar-refractivity contribution in [2.24, 2.45) is 0 Å². The van der Waals surface area contributed by atoms with E-state index in [4.69, 9.17) is 4.74 Å². The quantitative estimate of drug-likeness (QED) is 0.870. The highest BCUT2D eigenvalue weighted by Crippen LogP contribution is 2.14. The third-order valence-corrected chi connectivity index (χ3v) is 3.47. The van der Waals surface area contributed by atoms with Crippen LogP contribution in [0.1, 0.15) is 12.8 Å². The van der Waals surface area contributed by atoms with E-state index in [0.717, 1.165) is 39.1 Å². The van der Waals surface area contributed by atoms with Crippen LogP contribution < -0.4 is 5.32 Å². The molecule has 0 unspecified atom stereocenters. The highest BCUT2D eigenvalue weighted by molar-refractivity contribution is 5.44. The van der Waals surface area contributed by atoms with Crippen LogP contribution >= 0.6 is 0 Å². The Morgan fingerprint density at radius 2 is 2.06 bits per heavy atom. The van der Waals surface area contributed by atoms with Gasteiger partial charge in [0.2, 0.25) is 0 Å². The SMILES string of the molecule is CN(CCNc1ccccc1F)C1CCOCC1. The Morgan fingerprint density at radius 1 is 1.33 bits per heavy atom. The van der Waals surface area contributed by atoms with Crippen LogP contribution in [0.2, 0.25) is 0 Å². The molecule has 4 heteroatoms. The first-order valence-electron chi connectivity index (χ1n) is 6.54. The zero-order chi connectivity index (χ0) is 12.8. The van der Waals surface area contributed by atoms with E-state index in [-0.39, 0.29) is 5.82 Å². The van der Waals surface area contributed by atoms with Crippen LogP contribution in [0.3, 0.4) is 0 Å². The molecule has 1 aliphatic rings. The summed E-state index contributed by atoms with van der Waals surface area (Å²) in [7, 11) is 2.12. The Bertz CT molecular complexity index is 367. The van der Waals surface area contributed by atoms with Crippen LogP contribution in [0.15, 0.2) is 24.3 Å². The van der Waals surface area contributed by atoms with Crippen LogP contribution in [0, 0.1) is 5.82 Å². The van der Waals surface area contributed by atoms with E-state index < -0.39 is 0 Å². The first-order valence-corrected chi connectivity index (χ1v) is 6.54. The van der Waals surface area contributed by atoms with E-state index in [0.29, 0.717) is 11.7 Å². The van der Waals surface area contributed by atoms with Gasteiger partial charge in [-0.1, -0.05) is 12.1 Å². The lowest BCUT2D eigenvalue weighted by Crippen LogP contribution is -2.39. The molecule has 1 aromatic carbocycles. The molecule has 1 aliphatic heterocycles. The Labute approximate surface area is 108 Å². The molecule has 1 N–H and O–H groups in total. The van der Waals surface area contributed by atoms with Crippen LogP contribution in [-0.4, -0.2) is 44.3 Å². The predicted molar refractivity (Wildman–Crippen MR) is 71.4 cm³/mol. The maximum Gasteiger partial charge on any atom is 0.146 e.